The lowest BCUT2D eigenvalue weighted by Gasteiger charge is -2.17. The van der Waals surface area contributed by atoms with Gasteiger partial charge in [0.05, 0.1) is 6.61 Å². The van der Waals surface area contributed by atoms with Gasteiger partial charge in [0.25, 0.3) is 0 Å². The Kier molecular flexibility index (Phi) is 5.82. The molecule has 2 aromatic carbocycles. The maximum Gasteiger partial charge on any atom is 0.119 e. The van der Waals surface area contributed by atoms with Gasteiger partial charge in [0, 0.05) is 6.04 Å². The molecule has 0 aromatic heterocycles. The van der Waals surface area contributed by atoms with E-state index in [0.717, 1.165) is 25.2 Å². The fourth-order valence-electron chi connectivity index (χ4n) is 2.38. The zero-order chi connectivity index (χ0) is 15.1. The largest absolute Gasteiger partial charge is 0.494 e. The highest BCUT2D eigenvalue weighted by molar-refractivity contribution is 5.27. The third-order valence-electron chi connectivity index (χ3n) is 3.74. The highest BCUT2D eigenvalue weighted by Crippen LogP contribution is 2.13. The van der Waals surface area contributed by atoms with Crippen LogP contribution in [0.5, 0.6) is 5.75 Å². The number of hydrogen-bond donors (Lipinski definition) is 1. The van der Waals surface area contributed by atoms with E-state index in [1.54, 1.807) is 0 Å². The predicted octanol–water partition coefficient (Wildman–Crippen LogP) is 3.90. The van der Waals surface area contributed by atoms with Gasteiger partial charge in [-0.1, -0.05) is 42.0 Å². The molecule has 2 heteroatoms. The molecule has 0 aliphatic carbocycles. The summed E-state index contributed by atoms with van der Waals surface area (Å²) in [4.78, 5) is 0. The molecular formula is C19H25NO. The van der Waals surface area contributed by atoms with E-state index in [1.807, 2.05) is 19.2 Å². The molecule has 2 aromatic rings. The minimum atomic E-state index is 0.442. The highest BCUT2D eigenvalue weighted by atomic mass is 16.5. The molecule has 0 radical (unpaired) electrons. The van der Waals surface area contributed by atoms with E-state index in [4.69, 9.17) is 4.74 Å². The summed E-state index contributed by atoms with van der Waals surface area (Å²) in [6.07, 6.45) is 2.03. The van der Waals surface area contributed by atoms with E-state index in [1.165, 1.54) is 16.7 Å². The lowest BCUT2D eigenvalue weighted by Crippen LogP contribution is -2.29. The third kappa shape index (κ3) is 5.24. The molecule has 0 bridgehead atoms. The lowest BCUT2D eigenvalue weighted by atomic mass is 10.0. The van der Waals surface area contributed by atoms with Gasteiger partial charge in [-0.3, -0.25) is 0 Å². The van der Waals surface area contributed by atoms with Gasteiger partial charge in [0.2, 0.25) is 0 Å². The zero-order valence-corrected chi connectivity index (χ0v) is 13.2. The monoisotopic (exact) mass is 283 g/mol. The molecule has 0 spiro atoms. The second kappa shape index (κ2) is 7.84. The van der Waals surface area contributed by atoms with Crippen molar-refractivity contribution >= 4 is 0 Å². The van der Waals surface area contributed by atoms with Crippen LogP contribution in [0.3, 0.4) is 0 Å². The van der Waals surface area contributed by atoms with Crippen molar-refractivity contribution in [3.63, 3.8) is 0 Å². The molecule has 2 nitrogen and oxygen atoms in total. The molecule has 0 fully saturated rings. The second-order valence-corrected chi connectivity index (χ2v) is 5.63. The average molecular weight is 283 g/mol. The first-order valence-electron chi connectivity index (χ1n) is 7.59. The van der Waals surface area contributed by atoms with Crippen LogP contribution in [-0.2, 0) is 6.42 Å². The number of aryl methyl sites for hydroxylation is 2. The van der Waals surface area contributed by atoms with Gasteiger partial charge in [-0.05, 0) is 57.0 Å². The lowest BCUT2D eigenvalue weighted by molar-refractivity contribution is 0.288. The number of rotatable bonds is 7. The van der Waals surface area contributed by atoms with E-state index in [0.29, 0.717) is 6.04 Å². The van der Waals surface area contributed by atoms with Crippen molar-refractivity contribution in [2.24, 2.45) is 0 Å². The third-order valence-corrected chi connectivity index (χ3v) is 3.74. The summed E-state index contributed by atoms with van der Waals surface area (Å²) < 4.78 is 5.84. The van der Waals surface area contributed by atoms with Gasteiger partial charge < -0.3 is 10.1 Å². The Morgan fingerprint density at radius 1 is 1.00 bits per heavy atom. The second-order valence-electron chi connectivity index (χ2n) is 5.63. The van der Waals surface area contributed by atoms with Crippen molar-refractivity contribution in [2.75, 3.05) is 13.7 Å². The summed E-state index contributed by atoms with van der Waals surface area (Å²) in [5.41, 5.74) is 3.91. The molecule has 0 amide bonds. The van der Waals surface area contributed by atoms with Crippen molar-refractivity contribution in [3.05, 3.63) is 65.2 Å². The van der Waals surface area contributed by atoms with Gasteiger partial charge in [-0.15, -0.1) is 0 Å². The molecule has 0 saturated heterocycles. The van der Waals surface area contributed by atoms with E-state index >= 15 is 0 Å². The Labute approximate surface area is 128 Å². The van der Waals surface area contributed by atoms with E-state index in [2.05, 4.69) is 55.6 Å². The minimum Gasteiger partial charge on any atom is -0.494 e. The van der Waals surface area contributed by atoms with Gasteiger partial charge in [-0.25, -0.2) is 0 Å². The zero-order valence-electron chi connectivity index (χ0n) is 13.2. The van der Waals surface area contributed by atoms with Crippen LogP contribution in [0.4, 0.5) is 0 Å². The predicted molar refractivity (Wildman–Crippen MR) is 89.0 cm³/mol. The Balaban J connectivity index is 1.81. The summed E-state index contributed by atoms with van der Waals surface area (Å²) in [5.74, 6) is 0.959. The molecule has 1 unspecified atom stereocenters. The Hall–Kier alpha value is -1.80. The number of hydrogen-bond acceptors (Lipinski definition) is 2. The Morgan fingerprint density at radius 2 is 1.76 bits per heavy atom. The van der Waals surface area contributed by atoms with Gasteiger partial charge in [-0.2, -0.15) is 0 Å². The van der Waals surface area contributed by atoms with Crippen LogP contribution >= 0.6 is 0 Å². The van der Waals surface area contributed by atoms with Crippen molar-refractivity contribution < 1.29 is 4.74 Å². The average Bonchev–Trinajstić information content (AvgIpc) is 2.48. The summed E-state index contributed by atoms with van der Waals surface area (Å²) in [6, 6.07) is 17.4. The van der Waals surface area contributed by atoms with Gasteiger partial charge in [0.1, 0.15) is 5.75 Å². The molecule has 0 aliphatic heterocycles. The van der Waals surface area contributed by atoms with Gasteiger partial charge >= 0.3 is 0 Å². The van der Waals surface area contributed by atoms with Crippen LogP contribution in [0.2, 0.25) is 0 Å². The fraction of sp³-hybridized carbons (Fsp3) is 0.368. The topological polar surface area (TPSA) is 21.3 Å². The maximum atomic E-state index is 5.84. The summed E-state index contributed by atoms with van der Waals surface area (Å²) in [5, 5.41) is 3.38. The molecular weight excluding hydrogens is 258 g/mol. The normalized spacial score (nSPS) is 12.1. The molecule has 2 rings (SSSR count). The minimum absolute atomic E-state index is 0.442. The molecule has 0 saturated carbocycles. The van der Waals surface area contributed by atoms with Crippen LogP contribution < -0.4 is 10.1 Å². The van der Waals surface area contributed by atoms with E-state index in [9.17, 15) is 0 Å². The molecule has 0 aliphatic rings. The fourth-order valence-corrected chi connectivity index (χ4v) is 2.38. The van der Waals surface area contributed by atoms with Crippen LogP contribution in [0.1, 0.15) is 23.1 Å². The van der Waals surface area contributed by atoms with Crippen LogP contribution in [0, 0.1) is 13.8 Å². The molecule has 0 heterocycles. The summed E-state index contributed by atoms with van der Waals surface area (Å²) in [6.45, 7) is 4.94. The van der Waals surface area contributed by atoms with Crippen LogP contribution in [0.15, 0.2) is 48.5 Å². The van der Waals surface area contributed by atoms with Gasteiger partial charge in [0.15, 0.2) is 0 Å². The number of benzene rings is 2. The number of likely N-dealkylation sites (N-methyl/N-ethyl adjacent to an activating group) is 1. The Morgan fingerprint density at radius 3 is 2.43 bits per heavy atom. The smallest absolute Gasteiger partial charge is 0.119 e. The quantitative estimate of drug-likeness (QED) is 0.832. The summed E-state index contributed by atoms with van der Waals surface area (Å²) >= 11 is 0. The standard InChI is InChI=1S/C19H25NO/c1-15-7-9-17(10-8-15)14-18(20-3)11-12-21-19-6-4-5-16(2)13-19/h4-10,13,18,20H,11-12,14H2,1-3H3. The first-order chi connectivity index (χ1) is 10.2. The SMILES string of the molecule is CNC(CCOc1cccc(C)c1)Cc1ccc(C)cc1. The maximum absolute atomic E-state index is 5.84. The first-order valence-corrected chi connectivity index (χ1v) is 7.59. The van der Waals surface area contributed by atoms with Crippen molar-refractivity contribution in [1.29, 1.82) is 0 Å². The molecule has 1 N–H and O–H groups in total. The van der Waals surface area contributed by atoms with Crippen molar-refractivity contribution in [3.8, 4) is 5.75 Å². The molecule has 21 heavy (non-hydrogen) atoms. The summed E-state index contributed by atoms with van der Waals surface area (Å²) in [7, 11) is 2.02. The van der Waals surface area contributed by atoms with Crippen LogP contribution in [-0.4, -0.2) is 19.7 Å². The first kappa shape index (κ1) is 15.6. The van der Waals surface area contributed by atoms with Crippen molar-refractivity contribution in [1.82, 2.24) is 5.32 Å². The van der Waals surface area contributed by atoms with E-state index < -0.39 is 0 Å². The van der Waals surface area contributed by atoms with Crippen LogP contribution in [0.25, 0.3) is 0 Å². The molecule has 1 atom stereocenters. The van der Waals surface area contributed by atoms with Crippen molar-refractivity contribution in [2.45, 2.75) is 32.7 Å². The molecule has 112 valence electrons. The Bertz CT molecular complexity index is 548. The highest BCUT2D eigenvalue weighted by Gasteiger charge is 2.07. The van der Waals surface area contributed by atoms with E-state index in [-0.39, 0.29) is 0 Å². The number of ether oxygens (including phenoxy) is 1. The number of nitrogens with one attached hydrogen (secondary N) is 1.